The summed E-state index contributed by atoms with van der Waals surface area (Å²) in [6.45, 7) is 6.99. The molecule has 0 bridgehead atoms. The van der Waals surface area contributed by atoms with Gasteiger partial charge in [-0.2, -0.15) is 5.10 Å². The van der Waals surface area contributed by atoms with Gasteiger partial charge in [-0.1, -0.05) is 6.07 Å². The highest BCUT2D eigenvalue weighted by Crippen LogP contribution is 2.24. The number of benzene rings is 1. The minimum Gasteiger partial charge on any atom is -0.487 e. The average molecular weight is 327 g/mol. The standard InChI is InChI=1S/C14H16BrFN2O/c1-4-18-12(14(15)10(3)17-18)8-19-13-7-11(16)6-5-9(13)2/h5-7H,4,8H2,1-3H3. The van der Waals surface area contributed by atoms with E-state index in [9.17, 15) is 4.39 Å². The van der Waals surface area contributed by atoms with Crippen molar-refractivity contribution in [1.82, 2.24) is 9.78 Å². The molecule has 0 fully saturated rings. The fourth-order valence-corrected chi connectivity index (χ4v) is 2.28. The fourth-order valence-electron chi connectivity index (χ4n) is 1.88. The van der Waals surface area contributed by atoms with Crippen LogP contribution in [0.4, 0.5) is 4.39 Å². The number of nitrogens with zero attached hydrogens (tertiary/aromatic N) is 2. The first-order valence-electron chi connectivity index (χ1n) is 6.13. The van der Waals surface area contributed by atoms with Crippen LogP contribution in [0.3, 0.4) is 0 Å². The monoisotopic (exact) mass is 326 g/mol. The van der Waals surface area contributed by atoms with Gasteiger partial charge < -0.3 is 4.74 Å². The highest BCUT2D eigenvalue weighted by atomic mass is 79.9. The Morgan fingerprint density at radius 3 is 2.79 bits per heavy atom. The second-order valence-electron chi connectivity index (χ2n) is 4.36. The molecule has 0 saturated heterocycles. The zero-order valence-corrected chi connectivity index (χ0v) is 12.8. The van der Waals surface area contributed by atoms with Crippen LogP contribution in [0.2, 0.25) is 0 Å². The van der Waals surface area contributed by atoms with Crippen molar-refractivity contribution in [2.75, 3.05) is 0 Å². The Hall–Kier alpha value is -1.36. The third-order valence-corrected chi connectivity index (χ3v) is 4.00. The number of hydrogen-bond donors (Lipinski definition) is 0. The van der Waals surface area contributed by atoms with E-state index in [1.54, 1.807) is 6.07 Å². The predicted octanol–water partition coefficient (Wildman–Crippen LogP) is 4.00. The summed E-state index contributed by atoms with van der Waals surface area (Å²) in [7, 11) is 0. The zero-order valence-electron chi connectivity index (χ0n) is 11.2. The molecule has 5 heteroatoms. The van der Waals surface area contributed by atoms with Crippen LogP contribution in [0.25, 0.3) is 0 Å². The highest BCUT2D eigenvalue weighted by Gasteiger charge is 2.13. The highest BCUT2D eigenvalue weighted by molar-refractivity contribution is 9.10. The largest absolute Gasteiger partial charge is 0.487 e. The number of aromatic nitrogens is 2. The van der Waals surface area contributed by atoms with Gasteiger partial charge in [0.15, 0.2) is 0 Å². The summed E-state index contributed by atoms with van der Waals surface area (Å²) in [6, 6.07) is 4.55. The van der Waals surface area contributed by atoms with Crippen molar-refractivity contribution < 1.29 is 9.13 Å². The summed E-state index contributed by atoms with van der Waals surface area (Å²) in [6.07, 6.45) is 0. The van der Waals surface area contributed by atoms with Crippen molar-refractivity contribution in [2.45, 2.75) is 33.9 Å². The van der Waals surface area contributed by atoms with E-state index in [4.69, 9.17) is 4.74 Å². The molecule has 0 saturated carbocycles. The second-order valence-corrected chi connectivity index (χ2v) is 5.15. The van der Waals surface area contributed by atoms with Gasteiger partial charge in [-0.15, -0.1) is 0 Å². The normalized spacial score (nSPS) is 10.8. The number of hydrogen-bond acceptors (Lipinski definition) is 2. The first-order chi connectivity index (χ1) is 9.02. The smallest absolute Gasteiger partial charge is 0.131 e. The molecule has 0 radical (unpaired) electrons. The molecule has 0 spiro atoms. The quantitative estimate of drug-likeness (QED) is 0.849. The maximum absolute atomic E-state index is 13.2. The lowest BCUT2D eigenvalue weighted by atomic mass is 10.2. The van der Waals surface area contributed by atoms with Crippen molar-refractivity contribution in [3.8, 4) is 5.75 Å². The first kappa shape index (κ1) is 14.1. The summed E-state index contributed by atoms with van der Waals surface area (Å²) in [4.78, 5) is 0. The van der Waals surface area contributed by atoms with Crippen molar-refractivity contribution >= 4 is 15.9 Å². The Kier molecular flexibility index (Phi) is 4.24. The average Bonchev–Trinajstić information content (AvgIpc) is 2.66. The molecule has 1 aromatic carbocycles. The maximum Gasteiger partial charge on any atom is 0.131 e. The molecule has 0 aliphatic carbocycles. The fraction of sp³-hybridized carbons (Fsp3) is 0.357. The Morgan fingerprint density at radius 2 is 2.11 bits per heavy atom. The van der Waals surface area contributed by atoms with Crippen LogP contribution < -0.4 is 4.74 Å². The molecular weight excluding hydrogens is 311 g/mol. The lowest BCUT2D eigenvalue weighted by Crippen LogP contribution is -2.07. The van der Waals surface area contributed by atoms with Gasteiger partial charge in [-0.05, 0) is 48.3 Å². The molecule has 1 aromatic heterocycles. The van der Waals surface area contributed by atoms with Gasteiger partial charge in [0.1, 0.15) is 18.2 Å². The van der Waals surface area contributed by atoms with Gasteiger partial charge in [0.05, 0.1) is 15.9 Å². The van der Waals surface area contributed by atoms with Gasteiger partial charge in [-0.25, -0.2) is 4.39 Å². The Balaban J connectivity index is 2.21. The predicted molar refractivity (Wildman–Crippen MR) is 75.8 cm³/mol. The summed E-state index contributed by atoms with van der Waals surface area (Å²) in [5.41, 5.74) is 2.80. The van der Waals surface area contributed by atoms with Crippen LogP contribution in [0, 0.1) is 19.7 Å². The molecule has 1 heterocycles. The Bertz CT molecular complexity index is 595. The van der Waals surface area contributed by atoms with E-state index in [1.807, 2.05) is 25.5 Å². The van der Waals surface area contributed by atoms with E-state index in [0.717, 1.165) is 28.0 Å². The number of aryl methyl sites for hydroxylation is 3. The third kappa shape index (κ3) is 2.97. The summed E-state index contributed by atoms with van der Waals surface area (Å²) in [5.74, 6) is 0.272. The maximum atomic E-state index is 13.2. The number of rotatable bonds is 4. The molecule has 0 aliphatic rings. The lowest BCUT2D eigenvalue weighted by Gasteiger charge is -2.10. The van der Waals surface area contributed by atoms with E-state index >= 15 is 0 Å². The topological polar surface area (TPSA) is 27.1 Å². The van der Waals surface area contributed by atoms with Crippen molar-refractivity contribution in [3.63, 3.8) is 0 Å². The number of halogens is 2. The molecular formula is C14H16BrFN2O. The van der Waals surface area contributed by atoms with E-state index in [-0.39, 0.29) is 5.82 Å². The Morgan fingerprint density at radius 1 is 1.37 bits per heavy atom. The lowest BCUT2D eigenvalue weighted by molar-refractivity contribution is 0.288. The van der Waals surface area contributed by atoms with Crippen LogP contribution in [0.5, 0.6) is 5.75 Å². The summed E-state index contributed by atoms with van der Waals surface area (Å²) < 4.78 is 21.7. The van der Waals surface area contributed by atoms with Gasteiger partial charge in [0, 0.05) is 12.6 Å². The Labute approximate surface area is 120 Å². The van der Waals surface area contributed by atoms with Crippen LogP contribution >= 0.6 is 15.9 Å². The van der Waals surface area contributed by atoms with Gasteiger partial charge in [-0.3, -0.25) is 4.68 Å². The molecule has 3 nitrogen and oxygen atoms in total. The van der Waals surface area contributed by atoms with Gasteiger partial charge in [0.25, 0.3) is 0 Å². The van der Waals surface area contributed by atoms with Crippen LogP contribution in [-0.2, 0) is 13.2 Å². The van der Waals surface area contributed by atoms with Crippen molar-refractivity contribution in [2.24, 2.45) is 0 Å². The van der Waals surface area contributed by atoms with Crippen LogP contribution in [0.15, 0.2) is 22.7 Å². The van der Waals surface area contributed by atoms with Gasteiger partial charge in [0.2, 0.25) is 0 Å². The van der Waals surface area contributed by atoms with E-state index in [1.165, 1.54) is 12.1 Å². The second kappa shape index (κ2) is 5.74. The van der Waals surface area contributed by atoms with E-state index in [2.05, 4.69) is 21.0 Å². The van der Waals surface area contributed by atoms with E-state index < -0.39 is 0 Å². The third-order valence-electron chi connectivity index (χ3n) is 2.97. The molecule has 2 aromatic rings. The minimum atomic E-state index is -0.292. The first-order valence-corrected chi connectivity index (χ1v) is 6.93. The molecule has 0 aliphatic heterocycles. The molecule has 0 amide bonds. The molecule has 2 rings (SSSR count). The van der Waals surface area contributed by atoms with Crippen LogP contribution in [-0.4, -0.2) is 9.78 Å². The summed E-state index contributed by atoms with van der Waals surface area (Å²) >= 11 is 3.51. The van der Waals surface area contributed by atoms with Gasteiger partial charge >= 0.3 is 0 Å². The molecule has 19 heavy (non-hydrogen) atoms. The molecule has 0 N–H and O–H groups in total. The zero-order chi connectivity index (χ0) is 14.0. The van der Waals surface area contributed by atoms with Crippen molar-refractivity contribution in [3.05, 3.63) is 45.4 Å². The van der Waals surface area contributed by atoms with Crippen LogP contribution in [0.1, 0.15) is 23.9 Å². The minimum absolute atomic E-state index is 0.292. The number of ether oxygens (including phenoxy) is 1. The van der Waals surface area contributed by atoms with E-state index in [0.29, 0.717) is 12.4 Å². The summed E-state index contributed by atoms with van der Waals surface area (Å²) in [5, 5.41) is 4.40. The molecule has 102 valence electrons. The molecule has 0 unspecified atom stereocenters. The SMILES string of the molecule is CCn1nc(C)c(Br)c1COc1cc(F)ccc1C. The van der Waals surface area contributed by atoms with Crippen molar-refractivity contribution in [1.29, 1.82) is 0 Å². The molecule has 0 atom stereocenters.